The molecule has 0 N–H and O–H groups in total. The van der Waals surface area contributed by atoms with Gasteiger partial charge in [-0.1, -0.05) is 19.0 Å². The van der Waals surface area contributed by atoms with E-state index in [9.17, 15) is 0 Å². The fourth-order valence-corrected chi connectivity index (χ4v) is 3.79. The Bertz CT molecular complexity index is 296. The van der Waals surface area contributed by atoms with Gasteiger partial charge in [0.15, 0.2) is 0 Å². The van der Waals surface area contributed by atoms with Gasteiger partial charge in [-0.3, -0.25) is 0 Å². The molecule has 0 spiro atoms. The molecule has 3 atom stereocenters. The van der Waals surface area contributed by atoms with Crippen molar-refractivity contribution < 1.29 is 0 Å². The fraction of sp³-hybridized carbons (Fsp3) is 1.00. The SMILES string of the molecule is CC1(C)[C@@H]2CC[C@@H](C2)[C@@]1(Cl)CN=[N+]=[N-]. The minimum absolute atomic E-state index is 0.117. The molecule has 3 nitrogen and oxygen atoms in total. The summed E-state index contributed by atoms with van der Waals surface area (Å²) < 4.78 is 0. The van der Waals surface area contributed by atoms with Crippen LogP contribution < -0.4 is 0 Å². The lowest BCUT2D eigenvalue weighted by molar-refractivity contribution is 0.152. The smallest absolute Gasteiger partial charge is 0.0584 e. The van der Waals surface area contributed by atoms with E-state index in [-0.39, 0.29) is 10.3 Å². The van der Waals surface area contributed by atoms with E-state index in [4.69, 9.17) is 17.1 Å². The molecule has 2 saturated carbocycles. The second kappa shape index (κ2) is 3.04. The minimum atomic E-state index is -0.290. The number of rotatable bonds is 2. The summed E-state index contributed by atoms with van der Waals surface area (Å²) in [6.45, 7) is 4.88. The molecule has 0 aromatic rings. The highest BCUT2D eigenvalue weighted by atomic mass is 35.5. The van der Waals surface area contributed by atoms with Crippen LogP contribution in [0.5, 0.6) is 0 Å². The second-order valence-corrected chi connectivity index (χ2v) is 5.85. The monoisotopic (exact) mass is 213 g/mol. The lowest BCUT2D eigenvalue weighted by Gasteiger charge is -2.44. The Morgan fingerprint density at radius 3 is 2.57 bits per heavy atom. The molecule has 2 aliphatic rings. The maximum absolute atomic E-state index is 8.38. The highest BCUT2D eigenvalue weighted by molar-refractivity contribution is 6.25. The van der Waals surface area contributed by atoms with Crippen LogP contribution in [-0.4, -0.2) is 11.4 Å². The molecule has 0 aliphatic heterocycles. The highest BCUT2D eigenvalue weighted by Crippen LogP contribution is 2.64. The van der Waals surface area contributed by atoms with Crippen LogP contribution in [0.2, 0.25) is 0 Å². The van der Waals surface area contributed by atoms with E-state index >= 15 is 0 Å². The van der Waals surface area contributed by atoms with Crippen molar-refractivity contribution in [2.75, 3.05) is 6.54 Å². The predicted molar refractivity (Wildman–Crippen MR) is 57.2 cm³/mol. The molecule has 4 heteroatoms. The van der Waals surface area contributed by atoms with Gasteiger partial charge in [-0.15, -0.1) is 11.6 Å². The third-order valence-corrected chi connectivity index (χ3v) is 5.45. The van der Waals surface area contributed by atoms with Crippen molar-refractivity contribution in [1.29, 1.82) is 0 Å². The molecule has 0 radical (unpaired) electrons. The first-order valence-corrected chi connectivity index (χ1v) is 5.60. The quantitative estimate of drug-likeness (QED) is 0.291. The van der Waals surface area contributed by atoms with Crippen LogP contribution in [0.1, 0.15) is 33.1 Å². The molecule has 2 rings (SSSR count). The highest BCUT2D eigenvalue weighted by Gasteiger charge is 2.61. The first kappa shape index (κ1) is 10.1. The number of azide groups is 1. The van der Waals surface area contributed by atoms with Crippen LogP contribution in [0.15, 0.2) is 5.11 Å². The Hall–Kier alpha value is -0.400. The number of nitrogens with zero attached hydrogens (tertiary/aromatic N) is 3. The first-order valence-electron chi connectivity index (χ1n) is 5.22. The van der Waals surface area contributed by atoms with E-state index in [2.05, 4.69) is 23.9 Å². The molecule has 2 bridgehead atoms. The molecule has 0 aromatic heterocycles. The first-order chi connectivity index (χ1) is 6.52. The topological polar surface area (TPSA) is 48.8 Å². The van der Waals surface area contributed by atoms with Crippen molar-refractivity contribution in [3.8, 4) is 0 Å². The van der Waals surface area contributed by atoms with E-state index in [1.807, 2.05) is 0 Å². The summed E-state index contributed by atoms with van der Waals surface area (Å²) in [7, 11) is 0. The van der Waals surface area contributed by atoms with Crippen LogP contribution in [0.4, 0.5) is 0 Å². The van der Waals surface area contributed by atoms with Gasteiger partial charge in [0.05, 0.1) is 4.87 Å². The molecule has 0 heterocycles. The Morgan fingerprint density at radius 1 is 1.43 bits per heavy atom. The average molecular weight is 214 g/mol. The molecule has 78 valence electrons. The molecule has 0 amide bonds. The standard InChI is InChI=1S/C10H16ClN3/c1-9(2)7-3-4-8(5-7)10(9,11)6-13-14-12/h7-8H,3-6H2,1-2H3/t7-,8+,10+/m1/s1. The van der Waals surface area contributed by atoms with Gasteiger partial charge < -0.3 is 0 Å². The van der Waals surface area contributed by atoms with Crippen molar-refractivity contribution in [2.45, 2.75) is 38.0 Å². The van der Waals surface area contributed by atoms with Crippen molar-refractivity contribution >= 4 is 11.6 Å². The number of alkyl halides is 1. The van der Waals surface area contributed by atoms with Crippen LogP contribution in [0.3, 0.4) is 0 Å². The van der Waals surface area contributed by atoms with E-state index < -0.39 is 0 Å². The van der Waals surface area contributed by atoms with Gasteiger partial charge in [0, 0.05) is 11.5 Å². The average Bonchev–Trinajstić information content (AvgIpc) is 2.67. The Balaban J connectivity index is 2.29. The fourth-order valence-electron chi connectivity index (χ4n) is 3.39. The van der Waals surface area contributed by atoms with Gasteiger partial charge in [-0.2, -0.15) is 0 Å². The third-order valence-electron chi connectivity index (χ3n) is 4.54. The summed E-state index contributed by atoms with van der Waals surface area (Å²) in [5.74, 6) is 1.27. The Kier molecular flexibility index (Phi) is 2.20. The normalized spacial score (nSPS) is 43.6. The van der Waals surface area contributed by atoms with Gasteiger partial charge in [-0.25, -0.2) is 0 Å². The van der Waals surface area contributed by atoms with Crippen LogP contribution in [-0.2, 0) is 0 Å². The van der Waals surface area contributed by atoms with Crippen LogP contribution in [0, 0.1) is 17.3 Å². The maximum Gasteiger partial charge on any atom is 0.0584 e. The van der Waals surface area contributed by atoms with Crippen molar-refractivity contribution in [3.63, 3.8) is 0 Å². The molecule has 0 aromatic carbocycles. The van der Waals surface area contributed by atoms with Crippen LogP contribution in [0.25, 0.3) is 10.4 Å². The number of fused-ring (bicyclic) bond motifs is 2. The Morgan fingerprint density at radius 2 is 2.07 bits per heavy atom. The van der Waals surface area contributed by atoms with Crippen molar-refractivity contribution in [1.82, 2.24) is 0 Å². The maximum atomic E-state index is 8.38. The summed E-state index contributed by atoms with van der Waals surface area (Å²) in [6.07, 6.45) is 3.72. The largest absolute Gasteiger partial charge is 0.118 e. The zero-order valence-corrected chi connectivity index (χ0v) is 9.46. The summed E-state index contributed by atoms with van der Waals surface area (Å²) in [4.78, 5) is 2.54. The Labute approximate surface area is 89.4 Å². The van der Waals surface area contributed by atoms with E-state index in [1.54, 1.807) is 0 Å². The van der Waals surface area contributed by atoms with Crippen molar-refractivity contribution in [3.05, 3.63) is 10.4 Å². The van der Waals surface area contributed by atoms with Gasteiger partial charge in [-0.05, 0) is 42.0 Å². The lowest BCUT2D eigenvalue weighted by Crippen LogP contribution is -2.47. The number of hydrogen-bond donors (Lipinski definition) is 0. The van der Waals surface area contributed by atoms with E-state index in [1.165, 1.54) is 19.3 Å². The van der Waals surface area contributed by atoms with E-state index in [0.29, 0.717) is 12.5 Å². The van der Waals surface area contributed by atoms with Crippen molar-refractivity contribution in [2.24, 2.45) is 22.4 Å². The summed E-state index contributed by atoms with van der Waals surface area (Å²) in [6, 6.07) is 0. The summed E-state index contributed by atoms with van der Waals surface area (Å²) in [5.41, 5.74) is 8.50. The molecule has 0 saturated heterocycles. The third kappa shape index (κ3) is 1.09. The second-order valence-electron chi connectivity index (χ2n) is 5.18. The molecular formula is C10H16ClN3. The van der Waals surface area contributed by atoms with Gasteiger partial charge >= 0.3 is 0 Å². The zero-order chi connectivity index (χ0) is 10.4. The van der Waals surface area contributed by atoms with Gasteiger partial charge in [0.2, 0.25) is 0 Å². The minimum Gasteiger partial charge on any atom is -0.118 e. The van der Waals surface area contributed by atoms with E-state index in [0.717, 1.165) is 5.92 Å². The zero-order valence-electron chi connectivity index (χ0n) is 8.70. The van der Waals surface area contributed by atoms with Crippen LogP contribution >= 0.6 is 11.6 Å². The van der Waals surface area contributed by atoms with Gasteiger partial charge in [0.25, 0.3) is 0 Å². The molecular weight excluding hydrogens is 198 g/mol. The summed E-state index contributed by atoms with van der Waals surface area (Å²) in [5, 5.41) is 3.69. The summed E-state index contributed by atoms with van der Waals surface area (Å²) >= 11 is 6.67. The van der Waals surface area contributed by atoms with Gasteiger partial charge in [0.1, 0.15) is 0 Å². The lowest BCUT2D eigenvalue weighted by atomic mass is 9.68. The predicted octanol–water partition coefficient (Wildman–Crippen LogP) is 3.73. The number of halogens is 1. The molecule has 2 fully saturated rings. The molecule has 0 unspecified atom stereocenters. The molecule has 14 heavy (non-hydrogen) atoms. The number of hydrogen-bond acceptors (Lipinski definition) is 1. The molecule has 2 aliphatic carbocycles.